The number of nitriles is 1. The van der Waals surface area contributed by atoms with Crippen molar-refractivity contribution in [2.45, 2.75) is 6.54 Å². The lowest BCUT2D eigenvalue weighted by Crippen LogP contribution is -2.35. The number of ether oxygens (including phenoxy) is 1. The summed E-state index contributed by atoms with van der Waals surface area (Å²) in [5, 5.41) is 11.8. The molecule has 1 N–H and O–H groups in total. The minimum Gasteiger partial charge on any atom is -0.379 e. The Hall–Kier alpha value is -2.68. The molecule has 0 bridgehead atoms. The second kappa shape index (κ2) is 7.73. The van der Waals surface area contributed by atoms with E-state index in [9.17, 15) is 4.79 Å². The molecule has 0 saturated carbocycles. The third kappa shape index (κ3) is 4.19. The van der Waals surface area contributed by atoms with Crippen molar-refractivity contribution in [2.75, 3.05) is 31.6 Å². The normalized spacial score (nSPS) is 14.8. The minimum absolute atomic E-state index is 0.212. The molecule has 2 aromatic carbocycles. The fourth-order valence-corrected chi connectivity index (χ4v) is 2.70. The summed E-state index contributed by atoms with van der Waals surface area (Å²) in [6.07, 6.45) is 0. The van der Waals surface area contributed by atoms with Crippen LogP contribution in [0.2, 0.25) is 0 Å². The summed E-state index contributed by atoms with van der Waals surface area (Å²) in [5.41, 5.74) is 2.87. The van der Waals surface area contributed by atoms with Crippen LogP contribution in [0.25, 0.3) is 0 Å². The van der Waals surface area contributed by atoms with E-state index in [1.54, 1.807) is 24.3 Å². The Morgan fingerprint density at radius 2 is 1.96 bits per heavy atom. The zero-order valence-corrected chi connectivity index (χ0v) is 13.4. The van der Waals surface area contributed by atoms with Gasteiger partial charge in [0.25, 0.3) is 5.91 Å². The van der Waals surface area contributed by atoms with Gasteiger partial charge in [-0.25, -0.2) is 0 Å². The zero-order chi connectivity index (χ0) is 16.8. The average molecular weight is 321 g/mol. The van der Waals surface area contributed by atoms with Gasteiger partial charge in [0.05, 0.1) is 24.8 Å². The van der Waals surface area contributed by atoms with Crippen LogP contribution in [0.5, 0.6) is 0 Å². The molecule has 3 rings (SSSR count). The molecular weight excluding hydrogens is 302 g/mol. The number of nitrogens with one attached hydrogen (secondary N) is 1. The molecule has 0 spiro atoms. The molecule has 0 unspecified atom stereocenters. The Labute approximate surface area is 141 Å². The first-order chi connectivity index (χ1) is 11.7. The van der Waals surface area contributed by atoms with E-state index in [4.69, 9.17) is 10.00 Å². The summed E-state index contributed by atoms with van der Waals surface area (Å²) in [6, 6.07) is 16.6. The number of amides is 1. The summed E-state index contributed by atoms with van der Waals surface area (Å²) < 4.78 is 5.36. The smallest absolute Gasteiger partial charge is 0.255 e. The van der Waals surface area contributed by atoms with Crippen LogP contribution < -0.4 is 5.32 Å². The van der Waals surface area contributed by atoms with E-state index in [2.05, 4.69) is 16.3 Å². The van der Waals surface area contributed by atoms with Gasteiger partial charge in [-0.2, -0.15) is 5.26 Å². The number of anilines is 1. The molecule has 0 aromatic heterocycles. The predicted octanol–water partition coefficient (Wildman–Crippen LogP) is 2.64. The monoisotopic (exact) mass is 321 g/mol. The average Bonchev–Trinajstić information content (AvgIpc) is 2.63. The fraction of sp³-hybridized carbons (Fsp3) is 0.263. The molecule has 1 aliphatic heterocycles. The van der Waals surface area contributed by atoms with Crippen molar-refractivity contribution < 1.29 is 9.53 Å². The second-order valence-electron chi connectivity index (χ2n) is 5.74. The van der Waals surface area contributed by atoms with Crippen molar-refractivity contribution in [3.63, 3.8) is 0 Å². The number of rotatable bonds is 4. The number of hydrogen-bond donors (Lipinski definition) is 1. The highest BCUT2D eigenvalue weighted by molar-refractivity contribution is 6.04. The lowest BCUT2D eigenvalue weighted by atomic mass is 10.1. The summed E-state index contributed by atoms with van der Waals surface area (Å²) >= 11 is 0. The van der Waals surface area contributed by atoms with Gasteiger partial charge in [-0.1, -0.05) is 18.2 Å². The number of nitrogens with zero attached hydrogens (tertiary/aromatic N) is 2. The molecule has 1 saturated heterocycles. The van der Waals surface area contributed by atoms with Crippen LogP contribution in [-0.4, -0.2) is 37.1 Å². The number of carbonyl (C=O) groups is 1. The predicted molar refractivity (Wildman–Crippen MR) is 91.6 cm³/mol. The number of hydrogen-bond acceptors (Lipinski definition) is 4. The summed E-state index contributed by atoms with van der Waals surface area (Å²) in [4.78, 5) is 14.7. The van der Waals surface area contributed by atoms with E-state index in [-0.39, 0.29) is 5.91 Å². The van der Waals surface area contributed by atoms with E-state index in [0.717, 1.165) is 44.1 Å². The van der Waals surface area contributed by atoms with E-state index in [1.165, 1.54) is 0 Å². The van der Waals surface area contributed by atoms with Gasteiger partial charge in [0.2, 0.25) is 0 Å². The van der Waals surface area contributed by atoms with Crippen molar-refractivity contribution in [1.29, 1.82) is 5.26 Å². The van der Waals surface area contributed by atoms with Crippen LogP contribution in [0, 0.1) is 11.3 Å². The van der Waals surface area contributed by atoms with E-state index < -0.39 is 0 Å². The number of morpholine rings is 1. The van der Waals surface area contributed by atoms with Crippen LogP contribution in [0.1, 0.15) is 21.5 Å². The molecule has 0 radical (unpaired) electrons. The highest BCUT2D eigenvalue weighted by atomic mass is 16.5. The lowest BCUT2D eigenvalue weighted by molar-refractivity contribution is 0.0342. The molecule has 122 valence electrons. The van der Waals surface area contributed by atoms with Crippen molar-refractivity contribution in [3.8, 4) is 6.07 Å². The quantitative estimate of drug-likeness (QED) is 0.940. The van der Waals surface area contributed by atoms with Gasteiger partial charge in [0.1, 0.15) is 0 Å². The van der Waals surface area contributed by atoms with Gasteiger partial charge in [-0.3, -0.25) is 9.69 Å². The molecule has 0 atom stereocenters. The first kappa shape index (κ1) is 16.2. The highest BCUT2D eigenvalue weighted by Crippen LogP contribution is 2.15. The van der Waals surface area contributed by atoms with Gasteiger partial charge in [0.15, 0.2) is 0 Å². The molecule has 1 amide bonds. The standard InChI is InChI=1S/C19H19N3O2/c20-13-15-3-1-5-17(11-15)19(23)21-18-6-2-4-16(12-18)14-22-7-9-24-10-8-22/h1-6,11-12H,7-10,14H2,(H,21,23). The van der Waals surface area contributed by atoms with Crippen molar-refractivity contribution in [3.05, 3.63) is 65.2 Å². The highest BCUT2D eigenvalue weighted by Gasteiger charge is 2.11. The first-order valence-electron chi connectivity index (χ1n) is 7.95. The molecule has 2 aromatic rings. The van der Waals surface area contributed by atoms with Gasteiger partial charge in [-0.05, 0) is 35.9 Å². The van der Waals surface area contributed by atoms with E-state index in [1.807, 2.05) is 24.3 Å². The zero-order valence-electron chi connectivity index (χ0n) is 13.4. The third-order valence-electron chi connectivity index (χ3n) is 3.95. The maximum absolute atomic E-state index is 12.3. The van der Waals surface area contributed by atoms with Crippen LogP contribution in [0.3, 0.4) is 0 Å². The maximum atomic E-state index is 12.3. The van der Waals surface area contributed by atoms with Crippen LogP contribution >= 0.6 is 0 Å². The maximum Gasteiger partial charge on any atom is 0.255 e. The summed E-state index contributed by atoms with van der Waals surface area (Å²) in [6.45, 7) is 4.24. The lowest BCUT2D eigenvalue weighted by Gasteiger charge is -2.26. The Morgan fingerprint density at radius 1 is 1.17 bits per heavy atom. The Kier molecular flexibility index (Phi) is 5.22. The Morgan fingerprint density at radius 3 is 2.75 bits per heavy atom. The van der Waals surface area contributed by atoms with E-state index in [0.29, 0.717) is 11.1 Å². The largest absolute Gasteiger partial charge is 0.379 e. The molecular formula is C19H19N3O2. The summed E-state index contributed by atoms with van der Waals surface area (Å²) in [5.74, 6) is -0.212. The van der Waals surface area contributed by atoms with Gasteiger partial charge in [-0.15, -0.1) is 0 Å². The van der Waals surface area contributed by atoms with Crippen molar-refractivity contribution >= 4 is 11.6 Å². The topological polar surface area (TPSA) is 65.4 Å². The first-order valence-corrected chi connectivity index (χ1v) is 7.95. The van der Waals surface area contributed by atoms with Gasteiger partial charge in [0, 0.05) is 30.9 Å². The van der Waals surface area contributed by atoms with Crippen LogP contribution in [-0.2, 0) is 11.3 Å². The Balaban J connectivity index is 1.67. The van der Waals surface area contributed by atoms with Gasteiger partial charge < -0.3 is 10.1 Å². The molecule has 1 fully saturated rings. The summed E-state index contributed by atoms with van der Waals surface area (Å²) in [7, 11) is 0. The van der Waals surface area contributed by atoms with Crippen molar-refractivity contribution in [1.82, 2.24) is 4.90 Å². The van der Waals surface area contributed by atoms with Gasteiger partial charge >= 0.3 is 0 Å². The Bertz CT molecular complexity index is 761. The molecule has 1 heterocycles. The third-order valence-corrected chi connectivity index (χ3v) is 3.95. The molecule has 0 aliphatic carbocycles. The van der Waals surface area contributed by atoms with Crippen LogP contribution in [0.15, 0.2) is 48.5 Å². The number of carbonyl (C=O) groups excluding carboxylic acids is 1. The van der Waals surface area contributed by atoms with Crippen LogP contribution in [0.4, 0.5) is 5.69 Å². The minimum atomic E-state index is -0.212. The SMILES string of the molecule is N#Cc1cccc(C(=O)Nc2cccc(CN3CCOCC3)c2)c1. The fourth-order valence-electron chi connectivity index (χ4n) is 2.70. The molecule has 1 aliphatic rings. The molecule has 5 nitrogen and oxygen atoms in total. The molecule has 5 heteroatoms. The molecule has 24 heavy (non-hydrogen) atoms. The van der Waals surface area contributed by atoms with E-state index >= 15 is 0 Å². The van der Waals surface area contributed by atoms with Crippen molar-refractivity contribution in [2.24, 2.45) is 0 Å². The number of benzene rings is 2. The second-order valence-corrected chi connectivity index (χ2v) is 5.74.